The zero-order chi connectivity index (χ0) is 17.3. The Bertz CT molecular complexity index is 912. The van der Waals surface area contributed by atoms with Crippen molar-refractivity contribution in [1.82, 2.24) is 14.3 Å². The minimum atomic E-state index is -0.450. The van der Waals surface area contributed by atoms with Gasteiger partial charge in [-0.3, -0.25) is 4.57 Å². The smallest absolute Gasteiger partial charge is 0.274 e. The maximum atomic E-state index is 14.0. The standard InChI is InChI=1S/C17H14ClF2N3O/c1-22-17(24)23(10-11-5-7-12(19)8-6-11)16(21-22)9-13-14(18)3-2-4-15(13)20/h2-8H,9-10H2,1H3. The largest absolute Gasteiger partial charge is 0.345 e. The lowest BCUT2D eigenvalue weighted by atomic mass is 10.1. The molecule has 3 rings (SSSR count). The molecule has 24 heavy (non-hydrogen) atoms. The van der Waals surface area contributed by atoms with Crippen LogP contribution < -0.4 is 5.69 Å². The molecule has 0 bridgehead atoms. The third-order valence-electron chi connectivity index (χ3n) is 3.74. The van der Waals surface area contributed by atoms with Gasteiger partial charge < -0.3 is 0 Å². The van der Waals surface area contributed by atoms with Crippen LogP contribution in [0.25, 0.3) is 0 Å². The molecular weight excluding hydrogens is 336 g/mol. The van der Waals surface area contributed by atoms with Gasteiger partial charge in [-0.1, -0.05) is 29.8 Å². The second kappa shape index (κ2) is 6.57. The highest BCUT2D eigenvalue weighted by Gasteiger charge is 2.16. The first-order chi connectivity index (χ1) is 11.5. The first-order valence-electron chi connectivity index (χ1n) is 7.25. The second-order valence-electron chi connectivity index (χ2n) is 5.41. The van der Waals surface area contributed by atoms with Gasteiger partial charge in [0, 0.05) is 24.1 Å². The minimum absolute atomic E-state index is 0.0861. The third-order valence-corrected chi connectivity index (χ3v) is 4.09. The monoisotopic (exact) mass is 349 g/mol. The van der Waals surface area contributed by atoms with Crippen LogP contribution in [-0.2, 0) is 20.0 Å². The van der Waals surface area contributed by atoms with Crippen molar-refractivity contribution in [2.24, 2.45) is 7.05 Å². The Morgan fingerprint density at radius 2 is 1.83 bits per heavy atom. The van der Waals surface area contributed by atoms with Crippen molar-refractivity contribution in [1.29, 1.82) is 0 Å². The minimum Gasteiger partial charge on any atom is -0.274 e. The molecule has 0 unspecified atom stereocenters. The molecule has 3 aromatic rings. The first kappa shape index (κ1) is 16.4. The summed E-state index contributed by atoms with van der Waals surface area (Å²) in [7, 11) is 1.52. The Morgan fingerprint density at radius 1 is 1.12 bits per heavy atom. The van der Waals surface area contributed by atoms with Gasteiger partial charge in [0.25, 0.3) is 0 Å². The van der Waals surface area contributed by atoms with Gasteiger partial charge in [0.15, 0.2) is 0 Å². The lowest BCUT2D eigenvalue weighted by Crippen LogP contribution is -2.24. The predicted molar refractivity (Wildman–Crippen MR) is 87.2 cm³/mol. The molecule has 0 radical (unpaired) electrons. The molecule has 0 saturated carbocycles. The fraction of sp³-hybridized carbons (Fsp3) is 0.176. The molecule has 124 valence electrons. The molecule has 0 saturated heterocycles. The van der Waals surface area contributed by atoms with Crippen molar-refractivity contribution >= 4 is 11.6 Å². The summed E-state index contributed by atoms with van der Waals surface area (Å²) in [6.07, 6.45) is 0.0861. The van der Waals surface area contributed by atoms with E-state index in [2.05, 4.69) is 5.10 Å². The summed E-state index contributed by atoms with van der Waals surface area (Å²) in [5, 5.41) is 4.45. The van der Waals surface area contributed by atoms with E-state index in [1.807, 2.05) is 0 Å². The summed E-state index contributed by atoms with van der Waals surface area (Å²) in [6.45, 7) is 0.217. The van der Waals surface area contributed by atoms with E-state index in [0.29, 0.717) is 5.82 Å². The number of aromatic nitrogens is 3. The lowest BCUT2D eigenvalue weighted by Gasteiger charge is -2.08. The van der Waals surface area contributed by atoms with Crippen molar-refractivity contribution in [3.63, 3.8) is 0 Å². The normalized spacial score (nSPS) is 11.0. The highest BCUT2D eigenvalue weighted by molar-refractivity contribution is 6.31. The van der Waals surface area contributed by atoms with E-state index >= 15 is 0 Å². The van der Waals surface area contributed by atoms with Crippen LogP contribution in [0.1, 0.15) is 17.0 Å². The summed E-state index contributed by atoms with van der Waals surface area (Å²) in [4.78, 5) is 12.3. The topological polar surface area (TPSA) is 39.8 Å². The number of rotatable bonds is 4. The van der Waals surface area contributed by atoms with Crippen molar-refractivity contribution in [2.45, 2.75) is 13.0 Å². The van der Waals surface area contributed by atoms with Gasteiger partial charge in [-0.25, -0.2) is 18.3 Å². The number of hydrogen-bond donors (Lipinski definition) is 0. The predicted octanol–water partition coefficient (Wildman–Crippen LogP) is 3.15. The molecule has 0 aliphatic heterocycles. The lowest BCUT2D eigenvalue weighted by molar-refractivity contribution is 0.607. The molecule has 4 nitrogen and oxygen atoms in total. The van der Waals surface area contributed by atoms with E-state index in [0.717, 1.165) is 5.56 Å². The molecule has 7 heteroatoms. The molecule has 0 atom stereocenters. The highest BCUT2D eigenvalue weighted by atomic mass is 35.5. The second-order valence-corrected chi connectivity index (χ2v) is 5.82. The zero-order valence-electron chi connectivity index (χ0n) is 12.8. The molecule has 2 aromatic carbocycles. The Hall–Kier alpha value is -2.47. The molecular formula is C17H14ClF2N3O. The SMILES string of the molecule is Cn1nc(Cc2c(F)cccc2Cl)n(Cc2ccc(F)cc2)c1=O. The summed E-state index contributed by atoms with van der Waals surface area (Å²) >= 11 is 6.05. The molecule has 0 aliphatic carbocycles. The molecule has 0 fully saturated rings. The highest BCUT2D eigenvalue weighted by Crippen LogP contribution is 2.21. The van der Waals surface area contributed by atoms with Crippen LogP contribution in [0.5, 0.6) is 0 Å². The quantitative estimate of drug-likeness (QED) is 0.726. The summed E-state index contributed by atoms with van der Waals surface area (Å²) in [5.41, 5.74) is 0.694. The van der Waals surface area contributed by atoms with E-state index in [1.54, 1.807) is 18.2 Å². The average molecular weight is 350 g/mol. The third kappa shape index (κ3) is 3.23. The maximum Gasteiger partial charge on any atom is 0.345 e. The molecule has 0 aliphatic rings. The van der Waals surface area contributed by atoms with Crippen LogP contribution in [0.3, 0.4) is 0 Å². The molecule has 0 spiro atoms. The van der Waals surface area contributed by atoms with Crippen LogP contribution in [0.4, 0.5) is 8.78 Å². The summed E-state index contributed by atoms with van der Waals surface area (Å²) in [5.74, 6) is -0.414. The van der Waals surface area contributed by atoms with Gasteiger partial charge in [-0.15, -0.1) is 0 Å². The van der Waals surface area contributed by atoms with E-state index < -0.39 is 5.82 Å². The van der Waals surface area contributed by atoms with Crippen molar-refractivity contribution in [2.75, 3.05) is 0 Å². The Labute approximate surface area is 141 Å². The molecule has 0 N–H and O–H groups in total. The van der Waals surface area contributed by atoms with E-state index in [1.165, 1.54) is 40.6 Å². The number of aryl methyl sites for hydroxylation is 1. The van der Waals surface area contributed by atoms with Gasteiger partial charge in [-0.2, -0.15) is 5.10 Å². The molecule has 1 aromatic heterocycles. The Morgan fingerprint density at radius 3 is 2.50 bits per heavy atom. The average Bonchev–Trinajstić information content (AvgIpc) is 2.81. The van der Waals surface area contributed by atoms with Gasteiger partial charge >= 0.3 is 5.69 Å². The van der Waals surface area contributed by atoms with Gasteiger partial charge in [0.05, 0.1) is 6.54 Å². The van der Waals surface area contributed by atoms with Gasteiger partial charge in [0.2, 0.25) is 0 Å². The zero-order valence-corrected chi connectivity index (χ0v) is 13.6. The van der Waals surface area contributed by atoms with Gasteiger partial charge in [0.1, 0.15) is 17.5 Å². The summed E-state index contributed by atoms with van der Waals surface area (Å²) < 4.78 is 29.6. The van der Waals surface area contributed by atoms with Crippen molar-refractivity contribution in [3.8, 4) is 0 Å². The Balaban J connectivity index is 1.99. The van der Waals surface area contributed by atoms with E-state index in [9.17, 15) is 13.6 Å². The van der Waals surface area contributed by atoms with Crippen molar-refractivity contribution in [3.05, 3.63) is 86.6 Å². The Kier molecular flexibility index (Phi) is 4.49. The maximum absolute atomic E-state index is 14.0. The number of hydrogen-bond acceptors (Lipinski definition) is 2. The fourth-order valence-electron chi connectivity index (χ4n) is 2.48. The van der Waals surface area contributed by atoms with Crippen LogP contribution >= 0.6 is 11.6 Å². The number of halogens is 3. The molecule has 1 heterocycles. The summed E-state index contributed by atoms with van der Waals surface area (Å²) in [6, 6.07) is 10.3. The van der Waals surface area contributed by atoms with Crippen LogP contribution in [-0.4, -0.2) is 14.3 Å². The van der Waals surface area contributed by atoms with Crippen LogP contribution in [0.2, 0.25) is 5.02 Å². The molecule has 0 amide bonds. The fourth-order valence-corrected chi connectivity index (χ4v) is 2.71. The van der Waals surface area contributed by atoms with Crippen LogP contribution in [0, 0.1) is 11.6 Å². The van der Waals surface area contributed by atoms with Crippen LogP contribution in [0.15, 0.2) is 47.3 Å². The van der Waals surface area contributed by atoms with E-state index in [4.69, 9.17) is 11.6 Å². The number of benzene rings is 2. The number of nitrogens with zero attached hydrogens (tertiary/aromatic N) is 3. The van der Waals surface area contributed by atoms with E-state index in [-0.39, 0.29) is 35.1 Å². The van der Waals surface area contributed by atoms with Crippen molar-refractivity contribution < 1.29 is 8.78 Å². The van der Waals surface area contributed by atoms with Gasteiger partial charge in [-0.05, 0) is 29.8 Å². The first-order valence-corrected chi connectivity index (χ1v) is 7.63.